The normalized spacial score (nSPS) is 26.6. The van der Waals surface area contributed by atoms with E-state index in [4.69, 9.17) is 21.6 Å². The first-order valence-corrected chi connectivity index (χ1v) is 7.66. The van der Waals surface area contributed by atoms with Crippen LogP contribution in [0.5, 0.6) is 5.88 Å². The monoisotopic (exact) mass is 354 g/mol. The molecule has 5 N–H and O–H groups in total. The molecule has 2 aromatic rings. The molecule has 0 unspecified atom stereocenters. The number of thiazole rings is 1. The van der Waals surface area contributed by atoms with Crippen LogP contribution in [0.2, 0.25) is 0 Å². The molecular formula is C13H14N4O6S. The molecule has 0 amide bonds. The van der Waals surface area contributed by atoms with Crippen molar-refractivity contribution < 1.29 is 24.8 Å². The van der Waals surface area contributed by atoms with Crippen LogP contribution < -0.4 is 15.3 Å². The van der Waals surface area contributed by atoms with Gasteiger partial charge in [0.05, 0.1) is 6.61 Å². The lowest BCUT2D eigenvalue weighted by Crippen LogP contribution is -2.34. The molecule has 128 valence electrons. The second-order valence-corrected chi connectivity index (χ2v) is 5.96. The largest absolute Gasteiger partial charge is 0.463 e. The zero-order valence-corrected chi connectivity index (χ0v) is 13.0. The second kappa shape index (κ2) is 6.34. The lowest BCUT2D eigenvalue weighted by molar-refractivity contribution is -0.0518. The van der Waals surface area contributed by atoms with Crippen LogP contribution in [-0.4, -0.2) is 61.4 Å². The maximum atomic E-state index is 12.4. The third-order valence-corrected chi connectivity index (χ3v) is 4.44. The Hall–Kier alpha value is -2.23. The number of aromatic nitrogens is 3. The predicted octanol–water partition coefficient (Wildman–Crippen LogP) is -1.94. The zero-order chi connectivity index (χ0) is 17.4. The molecule has 4 atom stereocenters. The summed E-state index contributed by atoms with van der Waals surface area (Å²) in [6.45, 7) is -0.593. The molecule has 2 aromatic heterocycles. The van der Waals surface area contributed by atoms with E-state index in [1.807, 2.05) is 0 Å². The van der Waals surface area contributed by atoms with E-state index < -0.39 is 36.0 Å². The number of rotatable bonds is 4. The number of ether oxygens (including phenoxy) is 2. The van der Waals surface area contributed by atoms with Crippen LogP contribution in [0.25, 0.3) is 10.3 Å². The first-order chi connectivity index (χ1) is 11.5. The zero-order valence-electron chi connectivity index (χ0n) is 12.2. The van der Waals surface area contributed by atoms with Gasteiger partial charge in [-0.05, 0) is 0 Å². The highest BCUT2D eigenvalue weighted by Crippen LogP contribution is 2.33. The number of aliphatic hydroxyl groups excluding tert-OH is 3. The number of anilines is 1. The van der Waals surface area contributed by atoms with Gasteiger partial charge in [-0.2, -0.15) is 9.97 Å². The molecule has 3 rings (SSSR count). The summed E-state index contributed by atoms with van der Waals surface area (Å²) in [6, 6.07) is 0. The Morgan fingerprint density at radius 1 is 1.42 bits per heavy atom. The number of aliphatic hydroxyl groups is 3. The van der Waals surface area contributed by atoms with Crippen LogP contribution in [0, 0.1) is 12.3 Å². The molecule has 0 aromatic carbocycles. The lowest BCUT2D eigenvalue weighted by atomic mass is 10.1. The molecule has 0 aliphatic carbocycles. The summed E-state index contributed by atoms with van der Waals surface area (Å²) in [7, 11) is 0. The molecule has 0 radical (unpaired) electrons. The molecule has 10 nitrogen and oxygen atoms in total. The first-order valence-electron chi connectivity index (χ1n) is 6.85. The fourth-order valence-corrected chi connectivity index (χ4v) is 3.33. The Bertz CT molecular complexity index is 858. The Balaban J connectivity index is 2.13. The van der Waals surface area contributed by atoms with E-state index in [1.54, 1.807) is 0 Å². The Morgan fingerprint density at radius 3 is 2.79 bits per heavy atom. The number of nitrogens with two attached hydrogens (primary N) is 1. The van der Waals surface area contributed by atoms with Crippen LogP contribution in [0.3, 0.4) is 0 Å². The van der Waals surface area contributed by atoms with E-state index in [0.29, 0.717) is 0 Å². The van der Waals surface area contributed by atoms with Gasteiger partial charge in [0, 0.05) is 0 Å². The van der Waals surface area contributed by atoms with Crippen molar-refractivity contribution in [1.82, 2.24) is 14.5 Å². The van der Waals surface area contributed by atoms with Gasteiger partial charge in [-0.3, -0.25) is 9.36 Å². The van der Waals surface area contributed by atoms with Gasteiger partial charge < -0.3 is 30.5 Å². The Labute approximate surface area is 139 Å². The predicted molar refractivity (Wildman–Crippen MR) is 83.4 cm³/mol. The minimum absolute atomic E-state index is 0.0445. The van der Waals surface area contributed by atoms with Crippen molar-refractivity contribution in [2.75, 3.05) is 18.9 Å². The molecule has 1 fully saturated rings. The van der Waals surface area contributed by atoms with Gasteiger partial charge in [-0.15, -0.1) is 6.42 Å². The topological polar surface area (TPSA) is 153 Å². The Morgan fingerprint density at radius 2 is 2.17 bits per heavy atom. The number of nitrogens with zero attached hydrogens (tertiary/aromatic N) is 3. The quantitative estimate of drug-likeness (QED) is 0.459. The van der Waals surface area contributed by atoms with E-state index in [9.17, 15) is 20.1 Å². The lowest BCUT2D eigenvalue weighted by Gasteiger charge is -2.16. The van der Waals surface area contributed by atoms with Gasteiger partial charge in [0.2, 0.25) is 11.8 Å². The van der Waals surface area contributed by atoms with Crippen molar-refractivity contribution in [3.8, 4) is 18.2 Å². The highest BCUT2D eigenvalue weighted by atomic mass is 32.1. The number of fused-ring (bicyclic) bond motifs is 1. The molecule has 1 saturated heterocycles. The average molecular weight is 354 g/mol. The van der Waals surface area contributed by atoms with Crippen molar-refractivity contribution in [2.24, 2.45) is 0 Å². The summed E-state index contributed by atoms with van der Waals surface area (Å²) in [5, 5.41) is 29.2. The molecule has 0 saturated carbocycles. The number of nitrogen functional groups attached to an aromatic ring is 1. The van der Waals surface area contributed by atoms with Gasteiger partial charge in [0.1, 0.15) is 23.0 Å². The van der Waals surface area contributed by atoms with E-state index >= 15 is 0 Å². The average Bonchev–Trinajstić information content (AvgIpc) is 3.02. The fourth-order valence-electron chi connectivity index (χ4n) is 2.44. The number of hydrogen-bond acceptors (Lipinski definition) is 10. The van der Waals surface area contributed by atoms with E-state index in [-0.39, 0.29) is 28.8 Å². The summed E-state index contributed by atoms with van der Waals surface area (Å²) in [6.07, 6.45) is 0.110. The maximum absolute atomic E-state index is 12.4. The highest BCUT2D eigenvalue weighted by molar-refractivity contribution is 7.16. The van der Waals surface area contributed by atoms with Gasteiger partial charge >= 0.3 is 4.87 Å². The summed E-state index contributed by atoms with van der Waals surface area (Å²) in [5.41, 5.74) is 5.71. The third kappa shape index (κ3) is 2.60. The summed E-state index contributed by atoms with van der Waals surface area (Å²) in [4.78, 5) is 19.7. The number of hydrogen-bond donors (Lipinski definition) is 4. The van der Waals surface area contributed by atoms with Gasteiger partial charge in [0.15, 0.2) is 18.5 Å². The SMILES string of the molecule is C#CCOc1nc(N)nc2c1sc(=O)n2[C@@H]1O[C@H](CO)[C@@H](O)[C@H]1O. The summed E-state index contributed by atoms with van der Waals surface area (Å²) >= 11 is 0.761. The van der Waals surface area contributed by atoms with E-state index in [0.717, 1.165) is 15.9 Å². The molecule has 11 heteroatoms. The second-order valence-electron chi connectivity index (χ2n) is 5.00. The van der Waals surface area contributed by atoms with Crippen LogP contribution in [0.4, 0.5) is 5.95 Å². The fraction of sp³-hybridized carbons (Fsp3) is 0.462. The minimum Gasteiger partial charge on any atom is -0.463 e. The van der Waals surface area contributed by atoms with Crippen LogP contribution in [0.1, 0.15) is 6.23 Å². The van der Waals surface area contributed by atoms with Crippen LogP contribution >= 0.6 is 11.3 Å². The van der Waals surface area contributed by atoms with E-state index in [2.05, 4.69) is 15.9 Å². The molecular weight excluding hydrogens is 340 g/mol. The molecule has 0 spiro atoms. The van der Waals surface area contributed by atoms with Crippen molar-refractivity contribution >= 4 is 27.6 Å². The van der Waals surface area contributed by atoms with E-state index in [1.165, 1.54) is 0 Å². The number of terminal acetylenes is 1. The molecule has 3 heterocycles. The van der Waals surface area contributed by atoms with Crippen molar-refractivity contribution in [3.63, 3.8) is 0 Å². The minimum atomic E-state index is -1.43. The third-order valence-electron chi connectivity index (χ3n) is 3.51. The summed E-state index contributed by atoms with van der Waals surface area (Å²) in [5.74, 6) is 2.16. The molecule has 1 aliphatic heterocycles. The standard InChI is InChI=1S/C13H14N4O6S/c1-2-3-22-10-8-9(15-12(14)16-10)17(13(21)24-8)11-7(20)6(19)5(4-18)23-11/h1,5-7,11,18-20H,3-4H2,(H2,14,15,16)/t5-,6-,7-,11-/m1/s1. The molecule has 0 bridgehead atoms. The molecule has 1 aliphatic rings. The Kier molecular flexibility index (Phi) is 4.39. The smallest absolute Gasteiger partial charge is 0.311 e. The van der Waals surface area contributed by atoms with Crippen molar-refractivity contribution in [1.29, 1.82) is 0 Å². The van der Waals surface area contributed by atoms with Gasteiger partial charge in [-0.1, -0.05) is 17.3 Å². The maximum Gasteiger partial charge on any atom is 0.311 e. The summed E-state index contributed by atoms with van der Waals surface area (Å²) < 4.78 is 12.0. The van der Waals surface area contributed by atoms with Crippen molar-refractivity contribution in [3.05, 3.63) is 9.67 Å². The van der Waals surface area contributed by atoms with Gasteiger partial charge in [-0.25, -0.2) is 0 Å². The molecule has 24 heavy (non-hydrogen) atoms. The van der Waals surface area contributed by atoms with Crippen LogP contribution in [0.15, 0.2) is 4.79 Å². The van der Waals surface area contributed by atoms with Gasteiger partial charge in [0.25, 0.3) is 0 Å². The van der Waals surface area contributed by atoms with Crippen LogP contribution in [-0.2, 0) is 4.74 Å². The first kappa shape index (κ1) is 16.6. The van der Waals surface area contributed by atoms with Crippen molar-refractivity contribution in [2.45, 2.75) is 24.5 Å². The highest BCUT2D eigenvalue weighted by Gasteiger charge is 2.45.